The lowest BCUT2D eigenvalue weighted by Gasteiger charge is -2.13. The first-order valence-electron chi connectivity index (χ1n) is 11.4. The van der Waals surface area contributed by atoms with Crippen LogP contribution in [-0.2, 0) is 9.16 Å². The van der Waals surface area contributed by atoms with E-state index < -0.39 is 0 Å². The smallest absolute Gasteiger partial charge is 0.349 e. The maximum atomic E-state index is 6.10. The van der Waals surface area contributed by atoms with Crippen molar-refractivity contribution in [3.8, 4) is 0 Å². The third-order valence-electron chi connectivity index (χ3n) is 4.72. The number of alkyl halides is 1. The van der Waals surface area contributed by atoms with Gasteiger partial charge in [0.25, 0.3) is 0 Å². The maximum Gasteiger partial charge on any atom is 0.674 e. The van der Waals surface area contributed by atoms with E-state index in [-0.39, 0.29) is 6.29 Å². The van der Waals surface area contributed by atoms with Gasteiger partial charge in [0.15, 0.2) is 6.29 Å². The number of rotatable bonds is 22. The van der Waals surface area contributed by atoms with Crippen LogP contribution < -0.4 is 0 Å². The summed E-state index contributed by atoms with van der Waals surface area (Å²) >= 11 is 3.50. The third-order valence-corrected chi connectivity index (χ3v) is 6.27. The lowest BCUT2D eigenvalue weighted by Crippen LogP contribution is -2.20. The van der Waals surface area contributed by atoms with Gasteiger partial charge in [0, 0.05) is 18.4 Å². The molecule has 0 amide bonds. The average Bonchev–Trinajstić information content (AvgIpc) is 2.65. The Labute approximate surface area is 175 Å². The van der Waals surface area contributed by atoms with Crippen LogP contribution in [0.15, 0.2) is 0 Å². The predicted octanol–water partition coefficient (Wildman–Crippen LogP) is 8.06. The second kappa shape index (κ2) is 23.7. The highest BCUT2D eigenvalue weighted by Crippen LogP contribution is 2.13. The van der Waals surface area contributed by atoms with Gasteiger partial charge in [0.1, 0.15) is 6.04 Å². The molecule has 0 rings (SSSR count). The highest BCUT2D eigenvalue weighted by atomic mass is 79.9. The molecule has 0 bridgehead atoms. The molecular weight excluding hydrogens is 404 g/mol. The molecule has 0 aliphatic rings. The number of unbranched alkanes of at least 4 members (excludes halogenated alkanes) is 12. The van der Waals surface area contributed by atoms with E-state index in [4.69, 9.17) is 9.16 Å². The first-order valence-corrected chi connectivity index (χ1v) is 13.6. The summed E-state index contributed by atoms with van der Waals surface area (Å²) in [5, 5.41) is 1.12. The molecule has 0 aromatic rings. The minimum absolute atomic E-state index is 0.0474. The Balaban J connectivity index is 3.74. The molecule has 0 aliphatic carbocycles. The molecule has 0 saturated carbocycles. The molecule has 0 spiro atoms. The Kier molecular flexibility index (Phi) is 24.2. The van der Waals surface area contributed by atoms with E-state index in [9.17, 15) is 0 Å². The van der Waals surface area contributed by atoms with Crippen molar-refractivity contribution in [2.75, 3.05) is 11.9 Å². The summed E-state index contributed by atoms with van der Waals surface area (Å²) in [6.45, 7) is 5.41. The van der Waals surface area contributed by atoms with Crippen LogP contribution in [0.3, 0.4) is 0 Å². The Morgan fingerprint density at radius 1 is 0.692 bits per heavy atom. The van der Waals surface area contributed by atoms with Crippen molar-refractivity contribution in [2.24, 2.45) is 0 Å². The van der Waals surface area contributed by atoms with Crippen LogP contribution in [0.4, 0.5) is 0 Å². The fourth-order valence-corrected chi connectivity index (χ4v) is 4.27. The van der Waals surface area contributed by atoms with Gasteiger partial charge in [-0.05, 0) is 25.7 Å². The quantitative estimate of drug-likeness (QED) is 0.0720. The van der Waals surface area contributed by atoms with E-state index in [1.807, 2.05) is 0 Å². The van der Waals surface area contributed by atoms with Gasteiger partial charge in [-0.15, -0.1) is 0 Å². The summed E-state index contributed by atoms with van der Waals surface area (Å²) in [5.74, 6) is 0. The van der Waals surface area contributed by atoms with Crippen LogP contribution >= 0.6 is 15.9 Å². The fourth-order valence-electron chi connectivity index (χ4n) is 2.99. The van der Waals surface area contributed by atoms with Crippen molar-refractivity contribution < 1.29 is 9.16 Å². The molecule has 0 heterocycles. The van der Waals surface area contributed by atoms with Gasteiger partial charge in [-0.3, -0.25) is 0 Å². The van der Waals surface area contributed by atoms with Crippen LogP contribution in [0.1, 0.15) is 117 Å². The molecule has 2 nitrogen and oxygen atoms in total. The summed E-state index contributed by atoms with van der Waals surface area (Å²) in [5.41, 5.74) is 0. The maximum absolute atomic E-state index is 6.10. The number of hydrogen-bond acceptors (Lipinski definition) is 2. The van der Waals surface area contributed by atoms with Crippen molar-refractivity contribution in [3.05, 3.63) is 0 Å². The average molecular weight is 450 g/mol. The van der Waals surface area contributed by atoms with Crippen LogP contribution in [0.5, 0.6) is 0 Å². The fraction of sp³-hybridized carbons (Fsp3) is 1.00. The number of ether oxygens (including phenoxy) is 1. The first kappa shape index (κ1) is 26.6. The van der Waals surface area contributed by atoms with Crippen molar-refractivity contribution in [1.82, 2.24) is 0 Å². The SMILES string of the molecule is CCCCCCCC[Si+]OC(CCCCCCC)OCCCCCCBr. The highest BCUT2D eigenvalue weighted by molar-refractivity contribution is 9.09. The zero-order valence-corrected chi connectivity index (χ0v) is 20.3. The van der Waals surface area contributed by atoms with E-state index in [0.717, 1.165) is 18.4 Å². The molecule has 4 heteroatoms. The van der Waals surface area contributed by atoms with Crippen molar-refractivity contribution in [1.29, 1.82) is 0 Å². The zero-order valence-electron chi connectivity index (χ0n) is 17.7. The number of halogens is 1. The second-order valence-corrected chi connectivity index (χ2v) is 9.20. The summed E-state index contributed by atoms with van der Waals surface area (Å²) in [6.07, 6.45) is 20.9. The third kappa shape index (κ3) is 20.9. The molecule has 0 fully saturated rings. The van der Waals surface area contributed by atoms with Gasteiger partial charge >= 0.3 is 9.76 Å². The molecular formula is C22H45BrO2Si+. The van der Waals surface area contributed by atoms with E-state index >= 15 is 0 Å². The normalized spacial score (nSPS) is 12.4. The van der Waals surface area contributed by atoms with Crippen LogP contribution in [0, 0.1) is 0 Å². The first-order chi connectivity index (χ1) is 12.8. The molecule has 1 unspecified atom stereocenters. The van der Waals surface area contributed by atoms with E-state index in [1.165, 1.54) is 102 Å². The minimum atomic E-state index is 0.0474. The zero-order chi connectivity index (χ0) is 19.1. The van der Waals surface area contributed by atoms with Crippen molar-refractivity contribution in [3.63, 3.8) is 0 Å². The Morgan fingerprint density at radius 2 is 1.27 bits per heavy atom. The Morgan fingerprint density at radius 3 is 1.96 bits per heavy atom. The minimum Gasteiger partial charge on any atom is -0.349 e. The topological polar surface area (TPSA) is 18.5 Å². The van der Waals surface area contributed by atoms with Crippen molar-refractivity contribution in [2.45, 2.75) is 129 Å². The predicted molar refractivity (Wildman–Crippen MR) is 120 cm³/mol. The lowest BCUT2D eigenvalue weighted by molar-refractivity contribution is -0.0861. The molecule has 1 atom stereocenters. The van der Waals surface area contributed by atoms with E-state index in [2.05, 4.69) is 29.8 Å². The van der Waals surface area contributed by atoms with Gasteiger partial charge < -0.3 is 4.74 Å². The molecule has 0 aromatic carbocycles. The van der Waals surface area contributed by atoms with Crippen LogP contribution in [0.2, 0.25) is 6.04 Å². The summed E-state index contributed by atoms with van der Waals surface area (Å²) in [7, 11) is 0.618. The molecule has 0 aromatic heterocycles. The lowest BCUT2D eigenvalue weighted by atomic mass is 10.1. The summed E-state index contributed by atoms with van der Waals surface area (Å²) in [6, 6.07) is 1.22. The van der Waals surface area contributed by atoms with Crippen LogP contribution in [0.25, 0.3) is 0 Å². The molecule has 0 aliphatic heterocycles. The largest absolute Gasteiger partial charge is 0.674 e. The van der Waals surface area contributed by atoms with E-state index in [1.54, 1.807) is 0 Å². The second-order valence-electron chi connectivity index (χ2n) is 7.39. The highest BCUT2D eigenvalue weighted by Gasteiger charge is 2.21. The van der Waals surface area contributed by atoms with Gasteiger partial charge in [-0.2, -0.15) is 4.43 Å². The standard InChI is InChI=1S/C22H45BrO2Si/c1-3-5-7-9-13-17-21-26-25-22(18-14-10-8-6-4-2)24-20-16-12-11-15-19-23/h22H,3-21H2,1-2H3/q+1. The number of hydrogen-bond donors (Lipinski definition) is 0. The van der Waals surface area contributed by atoms with Gasteiger partial charge in [-0.25, -0.2) is 0 Å². The monoisotopic (exact) mass is 448 g/mol. The van der Waals surface area contributed by atoms with E-state index in [0.29, 0.717) is 9.76 Å². The molecule has 155 valence electrons. The Hall–Kier alpha value is 0.617. The Bertz CT molecular complexity index is 254. The molecule has 0 N–H and O–H groups in total. The van der Waals surface area contributed by atoms with Crippen LogP contribution in [-0.4, -0.2) is 28.0 Å². The van der Waals surface area contributed by atoms with Gasteiger partial charge in [-0.1, -0.05) is 100 Å². The van der Waals surface area contributed by atoms with Crippen molar-refractivity contribution >= 4 is 25.7 Å². The molecule has 1 radical (unpaired) electrons. The summed E-state index contributed by atoms with van der Waals surface area (Å²) < 4.78 is 12.2. The van der Waals surface area contributed by atoms with Gasteiger partial charge in [0.2, 0.25) is 0 Å². The van der Waals surface area contributed by atoms with Gasteiger partial charge in [0.05, 0.1) is 0 Å². The molecule has 26 heavy (non-hydrogen) atoms. The molecule has 0 saturated heterocycles. The summed E-state index contributed by atoms with van der Waals surface area (Å²) in [4.78, 5) is 0.